The summed E-state index contributed by atoms with van der Waals surface area (Å²) in [5, 5.41) is 8.81. The van der Waals surface area contributed by atoms with E-state index in [1.807, 2.05) is 0 Å². The van der Waals surface area contributed by atoms with Gasteiger partial charge in [-0.2, -0.15) is 0 Å². The van der Waals surface area contributed by atoms with Gasteiger partial charge < -0.3 is 10.0 Å². The molecule has 0 spiro atoms. The fourth-order valence-corrected chi connectivity index (χ4v) is 2.39. The summed E-state index contributed by atoms with van der Waals surface area (Å²) in [6.45, 7) is 2.93. The van der Waals surface area contributed by atoms with E-state index in [0.29, 0.717) is 12.5 Å². The molecule has 2 fully saturated rings. The molecule has 1 aliphatic heterocycles. The molecule has 1 heterocycles. The van der Waals surface area contributed by atoms with E-state index in [4.69, 9.17) is 5.11 Å². The largest absolute Gasteiger partial charge is 0.481 e. The van der Waals surface area contributed by atoms with Gasteiger partial charge >= 0.3 is 5.97 Å². The Labute approximate surface area is 76.5 Å². The van der Waals surface area contributed by atoms with Crippen LogP contribution in [0.4, 0.5) is 0 Å². The van der Waals surface area contributed by atoms with Gasteiger partial charge in [0.25, 0.3) is 0 Å². The molecule has 2 aliphatic rings. The van der Waals surface area contributed by atoms with Crippen LogP contribution in [0.15, 0.2) is 0 Å². The maximum atomic E-state index is 11.0. The Kier molecular flexibility index (Phi) is 1.78. The van der Waals surface area contributed by atoms with E-state index < -0.39 is 5.97 Å². The first-order valence-corrected chi connectivity index (χ1v) is 4.59. The molecular weight excluding hydrogens is 170 g/mol. The average molecular weight is 183 g/mol. The van der Waals surface area contributed by atoms with Crippen molar-refractivity contribution in [1.82, 2.24) is 4.90 Å². The first-order chi connectivity index (χ1) is 6.11. The molecule has 0 aromatic heterocycles. The Bertz CT molecular complexity index is 252. The van der Waals surface area contributed by atoms with Crippen LogP contribution in [0.5, 0.6) is 0 Å². The molecular formula is C9H13NO3. The lowest BCUT2D eigenvalue weighted by molar-refractivity contribution is -0.139. The Balaban J connectivity index is 1.97. The number of carbonyl (C=O) groups excluding carboxylic acids is 1. The van der Waals surface area contributed by atoms with E-state index in [0.717, 1.165) is 13.0 Å². The number of aliphatic carboxylic acids is 1. The van der Waals surface area contributed by atoms with Crippen LogP contribution in [0.25, 0.3) is 0 Å². The van der Waals surface area contributed by atoms with Crippen LogP contribution in [0.2, 0.25) is 0 Å². The van der Waals surface area contributed by atoms with Crippen molar-refractivity contribution < 1.29 is 14.7 Å². The summed E-state index contributed by atoms with van der Waals surface area (Å²) in [6.07, 6.45) is 0.862. The third-order valence-electron chi connectivity index (χ3n) is 3.23. The van der Waals surface area contributed by atoms with E-state index in [9.17, 15) is 9.59 Å². The summed E-state index contributed by atoms with van der Waals surface area (Å²) in [5.74, 6) is -0.234. The summed E-state index contributed by atoms with van der Waals surface area (Å²) >= 11 is 0. The van der Waals surface area contributed by atoms with Crippen LogP contribution >= 0.6 is 0 Å². The second-order valence-electron chi connectivity index (χ2n) is 3.95. The summed E-state index contributed by atoms with van der Waals surface area (Å²) in [5.41, 5.74) is 0. The lowest BCUT2D eigenvalue weighted by Gasteiger charge is -2.24. The van der Waals surface area contributed by atoms with Gasteiger partial charge in [0, 0.05) is 20.0 Å². The second-order valence-corrected chi connectivity index (χ2v) is 3.95. The first kappa shape index (κ1) is 8.53. The minimum Gasteiger partial charge on any atom is -0.481 e. The van der Waals surface area contributed by atoms with Gasteiger partial charge in [0.05, 0.1) is 5.92 Å². The van der Waals surface area contributed by atoms with E-state index >= 15 is 0 Å². The van der Waals surface area contributed by atoms with Gasteiger partial charge in [-0.05, 0) is 18.3 Å². The van der Waals surface area contributed by atoms with Crippen molar-refractivity contribution >= 4 is 11.9 Å². The van der Waals surface area contributed by atoms with Crippen LogP contribution in [0.1, 0.15) is 13.3 Å². The van der Waals surface area contributed by atoms with Crippen LogP contribution in [-0.4, -0.2) is 35.0 Å². The van der Waals surface area contributed by atoms with Crippen LogP contribution in [0, 0.1) is 17.8 Å². The van der Waals surface area contributed by atoms with Gasteiger partial charge in [0.1, 0.15) is 0 Å². The van der Waals surface area contributed by atoms with Crippen molar-refractivity contribution in [2.45, 2.75) is 13.3 Å². The number of piperidine rings is 1. The molecule has 1 aliphatic carbocycles. The van der Waals surface area contributed by atoms with Crippen molar-refractivity contribution in [2.75, 3.05) is 13.1 Å². The van der Waals surface area contributed by atoms with Crippen molar-refractivity contribution in [1.29, 1.82) is 0 Å². The Morgan fingerprint density at radius 2 is 2.08 bits per heavy atom. The molecule has 4 heteroatoms. The maximum Gasteiger partial charge on any atom is 0.307 e. The van der Waals surface area contributed by atoms with Gasteiger partial charge in [-0.15, -0.1) is 0 Å². The molecule has 4 nitrogen and oxygen atoms in total. The van der Waals surface area contributed by atoms with E-state index in [2.05, 4.69) is 0 Å². The van der Waals surface area contributed by atoms with Gasteiger partial charge in [-0.25, -0.2) is 0 Å². The first-order valence-electron chi connectivity index (χ1n) is 4.59. The highest BCUT2D eigenvalue weighted by molar-refractivity contribution is 5.76. The Hall–Kier alpha value is -1.06. The van der Waals surface area contributed by atoms with Gasteiger partial charge in [0.2, 0.25) is 5.91 Å². The molecule has 3 atom stereocenters. The Morgan fingerprint density at radius 3 is 2.62 bits per heavy atom. The third-order valence-corrected chi connectivity index (χ3v) is 3.23. The minimum absolute atomic E-state index is 0.0643. The number of hydrogen-bond acceptors (Lipinski definition) is 2. The molecule has 72 valence electrons. The molecule has 1 saturated carbocycles. The van der Waals surface area contributed by atoms with Gasteiger partial charge in [-0.1, -0.05) is 0 Å². The number of nitrogens with zero attached hydrogens (tertiary/aromatic N) is 1. The van der Waals surface area contributed by atoms with E-state index in [-0.39, 0.29) is 17.7 Å². The Morgan fingerprint density at radius 1 is 1.38 bits per heavy atom. The van der Waals surface area contributed by atoms with Crippen molar-refractivity contribution in [3.05, 3.63) is 0 Å². The zero-order valence-electron chi connectivity index (χ0n) is 7.56. The smallest absolute Gasteiger partial charge is 0.307 e. The lowest BCUT2D eigenvalue weighted by Crippen LogP contribution is -2.35. The molecule has 0 bridgehead atoms. The topological polar surface area (TPSA) is 57.6 Å². The van der Waals surface area contributed by atoms with E-state index in [1.54, 1.807) is 11.8 Å². The summed E-state index contributed by atoms with van der Waals surface area (Å²) < 4.78 is 0. The van der Waals surface area contributed by atoms with Crippen LogP contribution in [0.3, 0.4) is 0 Å². The number of carboxylic acids is 1. The number of fused-ring (bicyclic) bond motifs is 1. The number of likely N-dealkylation sites (tertiary alicyclic amines) is 1. The zero-order chi connectivity index (χ0) is 9.59. The van der Waals surface area contributed by atoms with Crippen molar-refractivity contribution in [3.63, 3.8) is 0 Å². The number of rotatable bonds is 1. The number of carboxylic acid groups (broad SMARTS) is 1. The quantitative estimate of drug-likeness (QED) is 0.631. The predicted octanol–water partition coefficient (Wildman–Crippen LogP) is 0.185. The average Bonchev–Trinajstić information content (AvgIpc) is 2.75. The molecule has 2 rings (SSSR count). The highest BCUT2D eigenvalue weighted by Gasteiger charge is 2.57. The SMILES string of the molecule is CC(=O)N1CC[C@H]2[C@@H](C1)[C@H]2C(=O)O. The normalized spacial score (nSPS) is 36.7. The van der Waals surface area contributed by atoms with Crippen molar-refractivity contribution in [3.8, 4) is 0 Å². The predicted molar refractivity (Wildman–Crippen MR) is 45.0 cm³/mol. The second kappa shape index (κ2) is 2.72. The lowest BCUT2D eigenvalue weighted by atomic mass is 10.1. The van der Waals surface area contributed by atoms with Gasteiger partial charge in [-0.3, -0.25) is 9.59 Å². The molecule has 1 N–H and O–H groups in total. The molecule has 1 amide bonds. The molecule has 0 radical (unpaired) electrons. The number of amides is 1. The summed E-state index contributed by atoms with van der Waals surface area (Å²) in [6, 6.07) is 0. The minimum atomic E-state index is -0.694. The molecule has 0 aromatic carbocycles. The number of carbonyl (C=O) groups is 2. The number of hydrogen-bond donors (Lipinski definition) is 1. The maximum absolute atomic E-state index is 11.0. The molecule has 0 unspecified atom stereocenters. The summed E-state index contributed by atoms with van der Waals surface area (Å²) in [4.78, 5) is 23.5. The van der Waals surface area contributed by atoms with Crippen molar-refractivity contribution in [2.24, 2.45) is 17.8 Å². The van der Waals surface area contributed by atoms with Crippen LogP contribution < -0.4 is 0 Å². The standard InChI is InChI=1S/C9H13NO3/c1-5(11)10-3-2-6-7(4-10)8(6)9(12)13/h6-8H,2-4H2,1H3,(H,12,13)/t6-,7+,8-/m0/s1. The highest BCUT2D eigenvalue weighted by Crippen LogP contribution is 2.51. The fraction of sp³-hybridized carbons (Fsp3) is 0.778. The highest BCUT2D eigenvalue weighted by atomic mass is 16.4. The third kappa shape index (κ3) is 1.30. The van der Waals surface area contributed by atoms with Gasteiger partial charge in [0.15, 0.2) is 0 Å². The summed E-state index contributed by atoms with van der Waals surface area (Å²) in [7, 11) is 0. The zero-order valence-corrected chi connectivity index (χ0v) is 7.56. The monoisotopic (exact) mass is 183 g/mol. The molecule has 0 aromatic rings. The fourth-order valence-electron chi connectivity index (χ4n) is 2.39. The van der Waals surface area contributed by atoms with Crippen LogP contribution in [-0.2, 0) is 9.59 Å². The molecule has 13 heavy (non-hydrogen) atoms. The van der Waals surface area contributed by atoms with E-state index in [1.165, 1.54) is 0 Å². The molecule has 1 saturated heterocycles.